The van der Waals surface area contributed by atoms with Gasteiger partial charge in [-0.3, -0.25) is 4.98 Å². The van der Waals surface area contributed by atoms with Crippen LogP contribution in [0.15, 0.2) is 60.9 Å². The first-order valence-electron chi connectivity index (χ1n) is 7.56. The summed E-state index contributed by atoms with van der Waals surface area (Å²) < 4.78 is 5.83. The molecule has 4 nitrogen and oxygen atoms in total. The Kier molecular flexibility index (Phi) is 4.52. The van der Waals surface area contributed by atoms with Crippen LogP contribution in [0.2, 0.25) is 0 Å². The summed E-state index contributed by atoms with van der Waals surface area (Å²) in [5.41, 5.74) is 4.24. The maximum Gasteiger partial charge on any atom is 0.219 e. The molecule has 4 heteroatoms. The summed E-state index contributed by atoms with van der Waals surface area (Å²) in [4.78, 5) is 8.62. The molecular weight excluding hydrogens is 286 g/mol. The molecule has 1 aromatic carbocycles. The Morgan fingerprint density at radius 3 is 2.61 bits per heavy atom. The van der Waals surface area contributed by atoms with E-state index in [0.717, 1.165) is 22.7 Å². The van der Waals surface area contributed by atoms with Gasteiger partial charge in [0.15, 0.2) is 0 Å². The minimum Gasteiger partial charge on any atom is -0.439 e. The van der Waals surface area contributed by atoms with E-state index < -0.39 is 0 Å². The van der Waals surface area contributed by atoms with Crippen molar-refractivity contribution in [1.29, 1.82) is 0 Å². The van der Waals surface area contributed by atoms with Gasteiger partial charge in [-0.25, -0.2) is 4.98 Å². The van der Waals surface area contributed by atoms with Crippen LogP contribution in [0.3, 0.4) is 0 Å². The van der Waals surface area contributed by atoms with E-state index in [1.54, 1.807) is 12.4 Å². The minimum atomic E-state index is 0.584. The molecule has 0 aliphatic heterocycles. The van der Waals surface area contributed by atoms with Gasteiger partial charge in [-0.1, -0.05) is 23.8 Å². The Hall–Kier alpha value is -2.88. The zero-order chi connectivity index (χ0) is 16.1. The number of nitrogens with one attached hydrogen (secondary N) is 1. The predicted molar refractivity (Wildman–Crippen MR) is 91.8 cm³/mol. The van der Waals surface area contributed by atoms with Crippen molar-refractivity contribution >= 4 is 5.69 Å². The molecule has 0 fully saturated rings. The summed E-state index contributed by atoms with van der Waals surface area (Å²) in [6.07, 6.45) is 3.55. The third kappa shape index (κ3) is 4.07. The van der Waals surface area contributed by atoms with Crippen molar-refractivity contribution in [3.05, 3.63) is 77.7 Å². The average Bonchev–Trinajstić information content (AvgIpc) is 2.58. The third-order valence-corrected chi connectivity index (χ3v) is 3.48. The maximum atomic E-state index is 5.83. The van der Waals surface area contributed by atoms with Gasteiger partial charge in [0.05, 0.1) is 24.1 Å². The number of anilines is 1. The largest absolute Gasteiger partial charge is 0.439 e. The van der Waals surface area contributed by atoms with Crippen LogP contribution in [0.4, 0.5) is 5.69 Å². The van der Waals surface area contributed by atoms with Crippen LogP contribution in [0, 0.1) is 13.8 Å². The second-order valence-electron chi connectivity index (χ2n) is 5.43. The second-order valence-corrected chi connectivity index (χ2v) is 5.43. The Labute approximate surface area is 136 Å². The van der Waals surface area contributed by atoms with E-state index in [-0.39, 0.29) is 0 Å². The fourth-order valence-corrected chi connectivity index (χ4v) is 2.27. The monoisotopic (exact) mass is 305 g/mol. The molecular formula is C19H19N3O. The van der Waals surface area contributed by atoms with Gasteiger partial charge in [-0.05, 0) is 43.7 Å². The molecule has 3 aromatic rings. The zero-order valence-electron chi connectivity index (χ0n) is 13.3. The molecule has 0 saturated carbocycles. The number of ether oxygens (including phenoxy) is 1. The molecule has 1 N–H and O–H groups in total. The van der Waals surface area contributed by atoms with Crippen LogP contribution < -0.4 is 10.1 Å². The summed E-state index contributed by atoms with van der Waals surface area (Å²) in [7, 11) is 0. The summed E-state index contributed by atoms with van der Waals surface area (Å²) in [5.74, 6) is 1.41. The lowest BCUT2D eigenvalue weighted by molar-refractivity contribution is 0.459. The van der Waals surface area contributed by atoms with Crippen LogP contribution in [-0.4, -0.2) is 9.97 Å². The van der Waals surface area contributed by atoms with Crippen molar-refractivity contribution in [2.45, 2.75) is 20.4 Å². The summed E-state index contributed by atoms with van der Waals surface area (Å²) in [6.45, 7) is 4.77. The molecule has 116 valence electrons. The number of nitrogens with zero attached hydrogens (tertiary/aromatic N) is 2. The third-order valence-electron chi connectivity index (χ3n) is 3.48. The van der Waals surface area contributed by atoms with Gasteiger partial charge in [-0.2, -0.15) is 0 Å². The SMILES string of the molecule is Cc1ccc(Oc2ccc(NCc3ccccn3)cn2)c(C)c1. The Balaban J connectivity index is 1.63. The van der Waals surface area contributed by atoms with E-state index in [2.05, 4.69) is 28.3 Å². The van der Waals surface area contributed by atoms with E-state index in [1.807, 2.05) is 49.4 Å². The molecule has 0 radical (unpaired) electrons. The number of rotatable bonds is 5. The highest BCUT2D eigenvalue weighted by atomic mass is 16.5. The van der Waals surface area contributed by atoms with Gasteiger partial charge in [-0.15, -0.1) is 0 Å². The first kappa shape index (κ1) is 15.0. The Morgan fingerprint density at radius 1 is 1.00 bits per heavy atom. The molecule has 3 rings (SSSR count). The van der Waals surface area contributed by atoms with Gasteiger partial charge in [0, 0.05) is 12.3 Å². The first-order chi connectivity index (χ1) is 11.2. The average molecular weight is 305 g/mol. The Bertz CT molecular complexity index is 770. The van der Waals surface area contributed by atoms with Crippen LogP contribution in [0.25, 0.3) is 0 Å². The quantitative estimate of drug-likeness (QED) is 0.754. The number of aromatic nitrogens is 2. The topological polar surface area (TPSA) is 47.0 Å². The van der Waals surface area contributed by atoms with Crippen molar-refractivity contribution in [2.24, 2.45) is 0 Å². The minimum absolute atomic E-state index is 0.584. The predicted octanol–water partition coefficient (Wildman–Crippen LogP) is 4.50. The van der Waals surface area contributed by atoms with Crippen LogP contribution in [0.1, 0.15) is 16.8 Å². The molecule has 0 aliphatic carbocycles. The number of benzene rings is 1. The number of pyridine rings is 2. The number of aryl methyl sites for hydroxylation is 2. The zero-order valence-corrected chi connectivity index (χ0v) is 13.3. The van der Waals surface area contributed by atoms with Crippen molar-refractivity contribution in [3.8, 4) is 11.6 Å². The Morgan fingerprint density at radius 2 is 1.91 bits per heavy atom. The van der Waals surface area contributed by atoms with Gasteiger partial charge in [0.25, 0.3) is 0 Å². The van der Waals surface area contributed by atoms with Gasteiger partial charge in [0.2, 0.25) is 5.88 Å². The van der Waals surface area contributed by atoms with E-state index >= 15 is 0 Å². The van der Waals surface area contributed by atoms with Gasteiger partial charge in [0.1, 0.15) is 5.75 Å². The highest BCUT2D eigenvalue weighted by molar-refractivity contribution is 5.44. The molecule has 0 amide bonds. The molecule has 0 aliphatic rings. The molecule has 0 unspecified atom stereocenters. The molecule has 0 saturated heterocycles. The van der Waals surface area contributed by atoms with Crippen LogP contribution >= 0.6 is 0 Å². The first-order valence-corrected chi connectivity index (χ1v) is 7.56. The molecule has 0 spiro atoms. The van der Waals surface area contributed by atoms with Gasteiger partial charge < -0.3 is 10.1 Å². The van der Waals surface area contributed by atoms with E-state index in [0.29, 0.717) is 12.4 Å². The molecule has 23 heavy (non-hydrogen) atoms. The highest BCUT2D eigenvalue weighted by Crippen LogP contribution is 2.24. The number of hydrogen-bond donors (Lipinski definition) is 1. The fraction of sp³-hybridized carbons (Fsp3) is 0.158. The number of hydrogen-bond acceptors (Lipinski definition) is 4. The standard InChI is InChI=1S/C19H19N3O/c1-14-6-8-18(15(2)11-14)23-19-9-7-17(13-22-19)21-12-16-5-3-4-10-20-16/h3-11,13,21H,12H2,1-2H3. The lowest BCUT2D eigenvalue weighted by Gasteiger charge is -2.10. The van der Waals surface area contributed by atoms with E-state index in [4.69, 9.17) is 4.74 Å². The second kappa shape index (κ2) is 6.92. The highest BCUT2D eigenvalue weighted by Gasteiger charge is 2.03. The van der Waals surface area contributed by atoms with Crippen molar-refractivity contribution < 1.29 is 4.74 Å². The summed E-state index contributed by atoms with van der Waals surface area (Å²) in [6, 6.07) is 15.8. The van der Waals surface area contributed by atoms with Gasteiger partial charge >= 0.3 is 0 Å². The lowest BCUT2D eigenvalue weighted by Crippen LogP contribution is -2.01. The van der Waals surface area contributed by atoms with Crippen LogP contribution in [-0.2, 0) is 6.54 Å². The van der Waals surface area contributed by atoms with E-state index in [1.165, 1.54) is 5.56 Å². The van der Waals surface area contributed by atoms with Crippen molar-refractivity contribution in [2.75, 3.05) is 5.32 Å². The molecule has 0 bridgehead atoms. The molecule has 0 atom stereocenters. The molecule has 2 heterocycles. The lowest BCUT2D eigenvalue weighted by atomic mass is 10.1. The smallest absolute Gasteiger partial charge is 0.219 e. The van der Waals surface area contributed by atoms with Crippen molar-refractivity contribution in [3.63, 3.8) is 0 Å². The van der Waals surface area contributed by atoms with Crippen LogP contribution in [0.5, 0.6) is 11.6 Å². The van der Waals surface area contributed by atoms with Crippen molar-refractivity contribution in [1.82, 2.24) is 9.97 Å². The fourth-order valence-electron chi connectivity index (χ4n) is 2.27. The maximum absolute atomic E-state index is 5.83. The van der Waals surface area contributed by atoms with E-state index in [9.17, 15) is 0 Å². The summed E-state index contributed by atoms with van der Waals surface area (Å²) >= 11 is 0. The molecule has 2 aromatic heterocycles. The summed E-state index contributed by atoms with van der Waals surface area (Å²) in [5, 5.41) is 3.29. The normalized spacial score (nSPS) is 10.3.